The van der Waals surface area contributed by atoms with Crippen molar-refractivity contribution in [3.05, 3.63) is 0 Å². The summed E-state index contributed by atoms with van der Waals surface area (Å²) in [5.41, 5.74) is 0. The van der Waals surface area contributed by atoms with E-state index in [0.29, 0.717) is 18.9 Å². The Bertz CT molecular complexity index is 169. The first-order valence-electron chi connectivity index (χ1n) is 5.86. The zero-order valence-corrected chi connectivity index (χ0v) is 10.6. The van der Waals surface area contributed by atoms with E-state index in [4.69, 9.17) is 4.74 Å². The number of ether oxygens (including phenoxy) is 1. The molecule has 3 heteroatoms. The summed E-state index contributed by atoms with van der Waals surface area (Å²) in [4.78, 5) is 13.4. The minimum Gasteiger partial charge on any atom is -0.466 e. The van der Waals surface area contributed by atoms with Crippen molar-refractivity contribution in [2.45, 2.75) is 39.5 Å². The van der Waals surface area contributed by atoms with E-state index in [-0.39, 0.29) is 5.97 Å². The topological polar surface area (TPSA) is 29.5 Å². The quantitative estimate of drug-likeness (QED) is 0.459. The van der Waals surface area contributed by atoms with Crippen molar-refractivity contribution < 1.29 is 9.53 Å². The standard InChI is InChI=1S/C12H25NO2/c1-5-7-11(2)10-12(14)15-9-6-8-13(3)4/h11H,5-10H2,1-4H3. The summed E-state index contributed by atoms with van der Waals surface area (Å²) < 4.78 is 5.14. The Morgan fingerprint density at radius 3 is 2.60 bits per heavy atom. The van der Waals surface area contributed by atoms with Crippen LogP contribution < -0.4 is 0 Å². The first-order valence-corrected chi connectivity index (χ1v) is 5.86. The van der Waals surface area contributed by atoms with Crippen molar-refractivity contribution in [1.29, 1.82) is 0 Å². The second kappa shape index (κ2) is 8.72. The lowest BCUT2D eigenvalue weighted by molar-refractivity contribution is -0.144. The Morgan fingerprint density at radius 1 is 1.40 bits per heavy atom. The third kappa shape index (κ3) is 9.73. The average Bonchev–Trinajstić information content (AvgIpc) is 2.12. The van der Waals surface area contributed by atoms with E-state index < -0.39 is 0 Å². The highest BCUT2D eigenvalue weighted by atomic mass is 16.5. The zero-order chi connectivity index (χ0) is 11.7. The van der Waals surface area contributed by atoms with Crippen molar-refractivity contribution in [2.24, 2.45) is 5.92 Å². The number of hydrogen-bond acceptors (Lipinski definition) is 3. The highest BCUT2D eigenvalue weighted by Crippen LogP contribution is 2.10. The zero-order valence-electron chi connectivity index (χ0n) is 10.6. The molecule has 0 aromatic carbocycles. The first-order chi connectivity index (χ1) is 7.06. The molecule has 0 aliphatic carbocycles. The Labute approximate surface area is 93.8 Å². The van der Waals surface area contributed by atoms with Crippen molar-refractivity contribution in [1.82, 2.24) is 4.90 Å². The molecule has 3 nitrogen and oxygen atoms in total. The van der Waals surface area contributed by atoms with Crippen LogP contribution in [0.3, 0.4) is 0 Å². The van der Waals surface area contributed by atoms with Crippen molar-refractivity contribution in [3.8, 4) is 0 Å². The Balaban J connectivity index is 3.40. The van der Waals surface area contributed by atoms with Gasteiger partial charge in [0.1, 0.15) is 0 Å². The minimum atomic E-state index is -0.0466. The largest absolute Gasteiger partial charge is 0.466 e. The number of carbonyl (C=O) groups is 1. The lowest BCUT2D eigenvalue weighted by Crippen LogP contribution is -2.17. The Hall–Kier alpha value is -0.570. The van der Waals surface area contributed by atoms with Gasteiger partial charge in [-0.1, -0.05) is 26.7 Å². The van der Waals surface area contributed by atoms with Crippen LogP contribution in [0.15, 0.2) is 0 Å². The molecule has 0 spiro atoms. The smallest absolute Gasteiger partial charge is 0.306 e. The average molecular weight is 215 g/mol. The van der Waals surface area contributed by atoms with Gasteiger partial charge in [-0.3, -0.25) is 4.79 Å². The molecule has 0 heterocycles. The second-order valence-electron chi connectivity index (χ2n) is 4.48. The molecule has 0 rings (SSSR count). The SMILES string of the molecule is CCCC(C)CC(=O)OCCCN(C)C. The number of rotatable bonds is 8. The Kier molecular flexibility index (Phi) is 8.38. The van der Waals surface area contributed by atoms with E-state index >= 15 is 0 Å². The predicted octanol–water partition coefficient (Wildman–Crippen LogP) is 2.31. The summed E-state index contributed by atoms with van der Waals surface area (Å²) in [7, 11) is 4.04. The Morgan fingerprint density at radius 2 is 2.07 bits per heavy atom. The molecule has 0 aromatic rings. The molecule has 90 valence electrons. The lowest BCUT2D eigenvalue weighted by Gasteiger charge is -2.11. The van der Waals surface area contributed by atoms with Crippen LogP contribution in [0.4, 0.5) is 0 Å². The van der Waals surface area contributed by atoms with E-state index in [1.165, 1.54) is 0 Å². The minimum absolute atomic E-state index is 0.0466. The van der Waals surface area contributed by atoms with Crippen LogP contribution in [0.1, 0.15) is 39.5 Å². The molecule has 1 atom stereocenters. The monoisotopic (exact) mass is 215 g/mol. The fourth-order valence-corrected chi connectivity index (χ4v) is 1.51. The number of esters is 1. The van der Waals surface area contributed by atoms with Gasteiger partial charge in [0.05, 0.1) is 6.61 Å². The van der Waals surface area contributed by atoms with Crippen LogP contribution in [-0.4, -0.2) is 38.1 Å². The third-order valence-corrected chi connectivity index (χ3v) is 2.31. The number of carbonyl (C=O) groups excluding carboxylic acids is 1. The van der Waals surface area contributed by atoms with Gasteiger partial charge in [0, 0.05) is 13.0 Å². The molecular formula is C12H25NO2. The van der Waals surface area contributed by atoms with Gasteiger partial charge in [0.2, 0.25) is 0 Å². The molecule has 0 saturated heterocycles. The van der Waals surface area contributed by atoms with Gasteiger partial charge in [0.25, 0.3) is 0 Å². The summed E-state index contributed by atoms with van der Waals surface area (Å²) in [5.74, 6) is 0.408. The summed E-state index contributed by atoms with van der Waals surface area (Å²) in [6.45, 7) is 5.76. The fourth-order valence-electron chi connectivity index (χ4n) is 1.51. The van der Waals surface area contributed by atoms with Gasteiger partial charge in [-0.2, -0.15) is 0 Å². The molecule has 0 N–H and O–H groups in total. The van der Waals surface area contributed by atoms with Gasteiger partial charge in [-0.05, 0) is 26.4 Å². The van der Waals surface area contributed by atoms with E-state index in [2.05, 4.69) is 18.7 Å². The van der Waals surface area contributed by atoms with Gasteiger partial charge < -0.3 is 9.64 Å². The molecule has 0 bridgehead atoms. The third-order valence-electron chi connectivity index (χ3n) is 2.31. The second-order valence-corrected chi connectivity index (χ2v) is 4.48. The molecule has 15 heavy (non-hydrogen) atoms. The van der Waals surface area contributed by atoms with Crippen LogP contribution in [-0.2, 0) is 9.53 Å². The highest BCUT2D eigenvalue weighted by molar-refractivity contribution is 5.69. The van der Waals surface area contributed by atoms with Gasteiger partial charge in [-0.15, -0.1) is 0 Å². The van der Waals surface area contributed by atoms with E-state index in [1.807, 2.05) is 14.1 Å². The molecule has 0 aliphatic heterocycles. The molecule has 1 unspecified atom stereocenters. The molecule has 0 radical (unpaired) electrons. The van der Waals surface area contributed by atoms with Gasteiger partial charge >= 0.3 is 5.97 Å². The van der Waals surface area contributed by atoms with Crippen LogP contribution in [0, 0.1) is 5.92 Å². The van der Waals surface area contributed by atoms with E-state index in [9.17, 15) is 4.79 Å². The molecule has 0 aliphatic rings. The fraction of sp³-hybridized carbons (Fsp3) is 0.917. The molecule has 0 amide bonds. The highest BCUT2D eigenvalue weighted by Gasteiger charge is 2.08. The molecule has 0 fully saturated rings. The van der Waals surface area contributed by atoms with Crippen molar-refractivity contribution >= 4 is 5.97 Å². The maximum atomic E-state index is 11.3. The predicted molar refractivity (Wildman–Crippen MR) is 62.8 cm³/mol. The maximum Gasteiger partial charge on any atom is 0.306 e. The molecular weight excluding hydrogens is 190 g/mol. The summed E-state index contributed by atoms with van der Waals surface area (Å²) in [6, 6.07) is 0. The summed E-state index contributed by atoms with van der Waals surface area (Å²) in [5, 5.41) is 0. The van der Waals surface area contributed by atoms with Crippen molar-refractivity contribution in [2.75, 3.05) is 27.2 Å². The van der Waals surface area contributed by atoms with Crippen LogP contribution in [0.5, 0.6) is 0 Å². The maximum absolute atomic E-state index is 11.3. The van der Waals surface area contributed by atoms with Gasteiger partial charge in [-0.25, -0.2) is 0 Å². The normalized spacial score (nSPS) is 12.9. The summed E-state index contributed by atoms with van der Waals surface area (Å²) >= 11 is 0. The van der Waals surface area contributed by atoms with Crippen LogP contribution >= 0.6 is 0 Å². The van der Waals surface area contributed by atoms with Gasteiger partial charge in [0.15, 0.2) is 0 Å². The number of hydrogen-bond donors (Lipinski definition) is 0. The van der Waals surface area contributed by atoms with E-state index in [1.54, 1.807) is 0 Å². The van der Waals surface area contributed by atoms with E-state index in [0.717, 1.165) is 25.8 Å². The first kappa shape index (κ1) is 14.4. The summed E-state index contributed by atoms with van der Waals surface area (Å²) in [6.07, 6.45) is 3.72. The van der Waals surface area contributed by atoms with Crippen LogP contribution in [0.2, 0.25) is 0 Å². The number of nitrogens with zero attached hydrogens (tertiary/aromatic N) is 1. The van der Waals surface area contributed by atoms with Crippen LogP contribution in [0.25, 0.3) is 0 Å². The molecule has 0 aromatic heterocycles. The van der Waals surface area contributed by atoms with Crippen molar-refractivity contribution in [3.63, 3.8) is 0 Å². The molecule has 0 saturated carbocycles. The lowest BCUT2D eigenvalue weighted by atomic mass is 10.0.